The molecule has 0 aromatic heterocycles. The second kappa shape index (κ2) is 8.04. The van der Waals surface area contributed by atoms with Crippen LogP contribution in [0.3, 0.4) is 0 Å². The lowest BCUT2D eigenvalue weighted by molar-refractivity contribution is -0.112. The second-order valence-electron chi connectivity index (χ2n) is 6.59. The SMILES string of the molecule is O=C1Nc2cc(S(=O)(=O)Cc3c(F)cccc3F)ccc2S/C1=C/c1ccccc1. The van der Waals surface area contributed by atoms with Gasteiger partial charge in [-0.2, -0.15) is 0 Å². The molecule has 0 bridgehead atoms. The molecule has 0 spiro atoms. The van der Waals surface area contributed by atoms with Crippen molar-refractivity contribution in [3.05, 3.63) is 94.4 Å². The van der Waals surface area contributed by atoms with Crippen LogP contribution in [0.15, 0.2) is 81.4 Å². The summed E-state index contributed by atoms with van der Waals surface area (Å²) in [5.74, 6) is -3.01. The lowest BCUT2D eigenvalue weighted by Crippen LogP contribution is -2.18. The van der Waals surface area contributed by atoms with Gasteiger partial charge in [-0.1, -0.05) is 48.2 Å². The molecule has 0 fully saturated rings. The van der Waals surface area contributed by atoms with Crippen LogP contribution in [0.1, 0.15) is 11.1 Å². The molecule has 1 aliphatic rings. The van der Waals surface area contributed by atoms with Crippen molar-refractivity contribution in [2.75, 3.05) is 5.32 Å². The minimum Gasteiger partial charge on any atom is -0.320 e. The molecule has 4 rings (SSSR count). The van der Waals surface area contributed by atoms with Gasteiger partial charge < -0.3 is 5.32 Å². The first-order chi connectivity index (χ1) is 14.3. The first kappa shape index (κ1) is 20.3. The molecule has 0 atom stereocenters. The highest BCUT2D eigenvalue weighted by molar-refractivity contribution is 8.04. The van der Waals surface area contributed by atoms with E-state index in [-0.39, 0.29) is 10.8 Å². The topological polar surface area (TPSA) is 63.2 Å². The Kier molecular flexibility index (Phi) is 5.44. The van der Waals surface area contributed by atoms with Gasteiger partial charge in [-0.25, -0.2) is 17.2 Å². The van der Waals surface area contributed by atoms with E-state index >= 15 is 0 Å². The summed E-state index contributed by atoms with van der Waals surface area (Å²) in [6.07, 6.45) is 1.74. The zero-order valence-electron chi connectivity index (χ0n) is 15.4. The number of carbonyl (C=O) groups excluding carboxylic acids is 1. The first-order valence-corrected chi connectivity index (χ1v) is 11.4. The Morgan fingerprint density at radius 2 is 1.63 bits per heavy atom. The summed E-state index contributed by atoms with van der Waals surface area (Å²) in [7, 11) is -4.03. The highest BCUT2D eigenvalue weighted by atomic mass is 32.2. The number of amides is 1. The fourth-order valence-electron chi connectivity index (χ4n) is 2.98. The van der Waals surface area contributed by atoms with Gasteiger partial charge in [0.1, 0.15) is 11.6 Å². The van der Waals surface area contributed by atoms with E-state index in [1.54, 1.807) is 12.1 Å². The average Bonchev–Trinajstić information content (AvgIpc) is 2.72. The minimum atomic E-state index is -4.03. The summed E-state index contributed by atoms with van der Waals surface area (Å²) in [6, 6.07) is 16.8. The predicted molar refractivity (Wildman–Crippen MR) is 113 cm³/mol. The molecule has 3 aromatic rings. The Hall–Kier alpha value is -2.97. The number of rotatable bonds is 4. The van der Waals surface area contributed by atoms with E-state index in [9.17, 15) is 22.0 Å². The Bertz CT molecular complexity index is 1250. The summed E-state index contributed by atoms with van der Waals surface area (Å²) in [4.78, 5) is 13.5. The number of halogens is 2. The lowest BCUT2D eigenvalue weighted by Gasteiger charge is -2.19. The van der Waals surface area contributed by atoms with E-state index in [1.165, 1.54) is 30.0 Å². The smallest absolute Gasteiger partial charge is 0.262 e. The standard InChI is InChI=1S/C22H15F2NO3S2/c23-17-7-4-8-18(24)16(17)13-30(27,28)15-9-10-20-19(12-15)25-22(26)21(29-20)11-14-5-2-1-3-6-14/h1-12H,13H2,(H,25,26)/b21-11+. The summed E-state index contributed by atoms with van der Waals surface area (Å²) in [6.45, 7) is 0. The molecule has 1 heterocycles. The van der Waals surface area contributed by atoms with Crippen molar-refractivity contribution < 1.29 is 22.0 Å². The van der Waals surface area contributed by atoms with Gasteiger partial charge in [-0.05, 0) is 42.0 Å². The summed E-state index contributed by atoms with van der Waals surface area (Å²) >= 11 is 1.22. The first-order valence-electron chi connectivity index (χ1n) is 8.89. The molecule has 0 unspecified atom stereocenters. The molecule has 152 valence electrons. The zero-order valence-corrected chi connectivity index (χ0v) is 17.1. The van der Waals surface area contributed by atoms with Crippen LogP contribution in [0.2, 0.25) is 0 Å². The normalized spacial score (nSPS) is 15.0. The highest BCUT2D eigenvalue weighted by Crippen LogP contribution is 2.40. The monoisotopic (exact) mass is 443 g/mol. The second-order valence-corrected chi connectivity index (χ2v) is 9.67. The molecule has 0 radical (unpaired) electrons. The lowest BCUT2D eigenvalue weighted by atomic mass is 10.2. The molecule has 1 N–H and O–H groups in total. The number of carbonyl (C=O) groups is 1. The van der Waals surface area contributed by atoms with Crippen LogP contribution in [0.4, 0.5) is 14.5 Å². The van der Waals surface area contributed by atoms with E-state index < -0.39 is 32.8 Å². The van der Waals surface area contributed by atoms with Crippen LogP contribution in [0, 0.1) is 11.6 Å². The fraction of sp³-hybridized carbons (Fsp3) is 0.0455. The quantitative estimate of drug-likeness (QED) is 0.575. The largest absolute Gasteiger partial charge is 0.320 e. The molecule has 8 heteroatoms. The Labute approximate surface area is 176 Å². The maximum atomic E-state index is 13.9. The number of nitrogens with one attached hydrogen (secondary N) is 1. The maximum absolute atomic E-state index is 13.9. The molecule has 0 saturated heterocycles. The van der Waals surface area contributed by atoms with Gasteiger partial charge in [-0.3, -0.25) is 4.79 Å². The van der Waals surface area contributed by atoms with Crippen LogP contribution < -0.4 is 5.32 Å². The molecule has 4 nitrogen and oxygen atoms in total. The Morgan fingerprint density at radius 3 is 2.33 bits per heavy atom. The van der Waals surface area contributed by atoms with Crippen molar-refractivity contribution in [2.45, 2.75) is 15.5 Å². The molecule has 3 aromatic carbocycles. The van der Waals surface area contributed by atoms with E-state index in [0.29, 0.717) is 15.5 Å². The highest BCUT2D eigenvalue weighted by Gasteiger charge is 2.25. The average molecular weight is 443 g/mol. The number of anilines is 1. The molecule has 0 saturated carbocycles. The van der Waals surface area contributed by atoms with Crippen molar-refractivity contribution in [3.8, 4) is 0 Å². The zero-order chi connectivity index (χ0) is 21.3. The van der Waals surface area contributed by atoms with Gasteiger partial charge >= 0.3 is 0 Å². The Morgan fingerprint density at radius 1 is 0.933 bits per heavy atom. The maximum Gasteiger partial charge on any atom is 0.262 e. The van der Waals surface area contributed by atoms with Crippen molar-refractivity contribution in [2.24, 2.45) is 0 Å². The molecule has 1 aliphatic heterocycles. The van der Waals surface area contributed by atoms with E-state index in [0.717, 1.165) is 17.7 Å². The molecular formula is C22H15F2NO3S2. The van der Waals surface area contributed by atoms with Crippen LogP contribution >= 0.6 is 11.8 Å². The van der Waals surface area contributed by atoms with E-state index in [1.807, 2.05) is 30.3 Å². The number of fused-ring (bicyclic) bond motifs is 1. The summed E-state index contributed by atoms with van der Waals surface area (Å²) < 4.78 is 53.2. The van der Waals surface area contributed by atoms with Crippen LogP contribution in [-0.2, 0) is 20.4 Å². The summed E-state index contributed by atoms with van der Waals surface area (Å²) in [5.41, 5.74) is 0.691. The third kappa shape index (κ3) is 4.15. The van der Waals surface area contributed by atoms with Crippen molar-refractivity contribution in [1.29, 1.82) is 0 Å². The number of hydrogen-bond acceptors (Lipinski definition) is 4. The third-order valence-electron chi connectivity index (χ3n) is 4.50. The van der Waals surface area contributed by atoms with E-state index in [4.69, 9.17) is 0 Å². The molecule has 30 heavy (non-hydrogen) atoms. The molecule has 0 aliphatic carbocycles. The summed E-state index contributed by atoms with van der Waals surface area (Å²) in [5, 5.41) is 2.69. The van der Waals surface area contributed by atoms with Gasteiger partial charge in [0.15, 0.2) is 9.84 Å². The Balaban J connectivity index is 1.63. The number of benzene rings is 3. The fourth-order valence-corrected chi connectivity index (χ4v) is 5.30. The van der Waals surface area contributed by atoms with Gasteiger partial charge in [0, 0.05) is 10.5 Å². The predicted octanol–water partition coefficient (Wildman–Crippen LogP) is 5.02. The number of sulfone groups is 1. The third-order valence-corrected chi connectivity index (χ3v) is 7.24. The van der Waals surface area contributed by atoms with Crippen LogP contribution in [-0.4, -0.2) is 14.3 Å². The van der Waals surface area contributed by atoms with Crippen molar-refractivity contribution >= 4 is 39.3 Å². The van der Waals surface area contributed by atoms with Crippen LogP contribution in [0.5, 0.6) is 0 Å². The van der Waals surface area contributed by atoms with Gasteiger partial charge in [0.2, 0.25) is 0 Å². The van der Waals surface area contributed by atoms with Gasteiger partial charge in [0.05, 0.1) is 21.2 Å². The molecular weight excluding hydrogens is 428 g/mol. The molecule has 1 amide bonds. The van der Waals surface area contributed by atoms with E-state index in [2.05, 4.69) is 5.32 Å². The van der Waals surface area contributed by atoms with Crippen LogP contribution in [0.25, 0.3) is 6.08 Å². The van der Waals surface area contributed by atoms with Crippen molar-refractivity contribution in [3.63, 3.8) is 0 Å². The minimum absolute atomic E-state index is 0.125. The number of hydrogen-bond donors (Lipinski definition) is 1. The van der Waals surface area contributed by atoms with Crippen molar-refractivity contribution in [1.82, 2.24) is 0 Å². The van der Waals surface area contributed by atoms with Gasteiger partial charge in [-0.15, -0.1) is 0 Å². The van der Waals surface area contributed by atoms with Gasteiger partial charge in [0.25, 0.3) is 5.91 Å². The number of thioether (sulfide) groups is 1.